The first-order chi connectivity index (χ1) is 8.69. The number of hydrogen-bond donors (Lipinski definition) is 5. The fraction of sp³-hybridized carbons (Fsp3) is 0.200. The second kappa shape index (κ2) is 4.87. The number of H-pyrrole nitrogens is 1. The summed E-state index contributed by atoms with van der Waals surface area (Å²) in [4.78, 5) is 39.3. The Hall–Kier alpha value is -0.940. The largest absolute Gasteiger partial charge is 0.361 e. The van der Waals surface area contributed by atoms with E-state index in [1.54, 1.807) is 24.3 Å². The highest BCUT2D eigenvalue weighted by Crippen LogP contribution is 2.61. The van der Waals surface area contributed by atoms with E-state index >= 15 is 0 Å². The van der Waals surface area contributed by atoms with Gasteiger partial charge in [-0.1, -0.05) is 18.2 Å². The highest BCUT2D eigenvalue weighted by atomic mass is 31.2. The number of benzene rings is 1. The predicted octanol–water partition coefficient (Wildman–Crippen LogP) is 1.39. The van der Waals surface area contributed by atoms with Gasteiger partial charge in [-0.3, -0.25) is 9.13 Å². The minimum atomic E-state index is -4.89. The fourth-order valence-corrected chi connectivity index (χ4v) is 4.37. The zero-order chi connectivity index (χ0) is 14.3. The number of aromatic nitrogens is 1. The van der Waals surface area contributed by atoms with E-state index in [0.717, 1.165) is 5.52 Å². The van der Waals surface area contributed by atoms with Crippen LogP contribution >= 0.6 is 15.2 Å². The lowest BCUT2D eigenvalue weighted by molar-refractivity contribution is 0.338. The summed E-state index contributed by atoms with van der Waals surface area (Å²) in [6.07, 6.45) is 1.11. The molecule has 5 N–H and O–H groups in total. The molecule has 9 heteroatoms. The second-order valence-corrected chi connectivity index (χ2v) is 8.23. The molecule has 0 aliphatic rings. The molecule has 0 amide bonds. The molecule has 0 aliphatic carbocycles. The molecule has 0 fully saturated rings. The molecule has 0 spiro atoms. The van der Waals surface area contributed by atoms with Crippen molar-refractivity contribution < 1.29 is 28.7 Å². The molecule has 0 saturated heterocycles. The van der Waals surface area contributed by atoms with E-state index in [1.165, 1.54) is 6.20 Å². The van der Waals surface area contributed by atoms with Crippen LogP contribution in [0.3, 0.4) is 0 Å². The first kappa shape index (κ1) is 14.5. The Bertz CT molecular complexity index is 662. The van der Waals surface area contributed by atoms with E-state index in [-0.39, 0.29) is 0 Å². The lowest BCUT2D eigenvalue weighted by Crippen LogP contribution is -2.12. The Labute approximate surface area is 108 Å². The Morgan fingerprint density at radius 1 is 1.05 bits per heavy atom. The van der Waals surface area contributed by atoms with Gasteiger partial charge in [0.05, 0.1) is 0 Å². The van der Waals surface area contributed by atoms with Crippen LogP contribution in [0.1, 0.15) is 5.56 Å². The van der Waals surface area contributed by atoms with Crippen molar-refractivity contribution in [3.8, 4) is 0 Å². The Kier molecular flexibility index (Phi) is 3.71. The molecule has 0 bridgehead atoms. The van der Waals surface area contributed by atoms with Crippen LogP contribution < -0.4 is 0 Å². The number of nitrogens with one attached hydrogen (secondary N) is 1. The summed E-state index contributed by atoms with van der Waals surface area (Å²) in [5.41, 5.74) is 1.21. The third kappa shape index (κ3) is 3.15. The monoisotopic (exact) mass is 305 g/mol. The fourth-order valence-electron chi connectivity index (χ4n) is 1.93. The maximum Gasteiger partial charge on any atom is 0.341 e. The highest BCUT2D eigenvalue weighted by molar-refractivity contribution is 7.70. The molecule has 104 valence electrons. The van der Waals surface area contributed by atoms with Gasteiger partial charge in [-0.2, -0.15) is 0 Å². The van der Waals surface area contributed by atoms with Gasteiger partial charge >= 0.3 is 15.2 Å². The van der Waals surface area contributed by atoms with E-state index < -0.39 is 27.0 Å². The summed E-state index contributed by atoms with van der Waals surface area (Å²) < 4.78 is 22.5. The molecule has 1 aromatic heterocycles. The number of fused-ring (bicyclic) bond motifs is 1. The van der Waals surface area contributed by atoms with Crippen molar-refractivity contribution >= 4 is 26.1 Å². The van der Waals surface area contributed by atoms with E-state index in [1.807, 2.05) is 0 Å². The number of aromatic amines is 1. The number of para-hydroxylation sites is 1. The SMILES string of the molecule is O=P(O)(O)C(Cc1c[nH]c2ccccc12)P(=O)(O)O. The van der Waals surface area contributed by atoms with Gasteiger partial charge in [0.1, 0.15) is 0 Å². The zero-order valence-corrected chi connectivity index (χ0v) is 11.5. The van der Waals surface area contributed by atoms with Crippen LogP contribution in [-0.4, -0.2) is 30.0 Å². The average Bonchev–Trinajstić information content (AvgIpc) is 2.66. The van der Waals surface area contributed by atoms with Crippen LogP contribution in [0, 0.1) is 0 Å². The van der Waals surface area contributed by atoms with Crippen LogP contribution in [0.5, 0.6) is 0 Å². The molecule has 0 radical (unpaired) electrons. The molecule has 0 aliphatic heterocycles. The smallest absolute Gasteiger partial charge is 0.341 e. The van der Waals surface area contributed by atoms with Gasteiger partial charge in [0.15, 0.2) is 5.40 Å². The van der Waals surface area contributed by atoms with Gasteiger partial charge in [0, 0.05) is 23.5 Å². The molecular weight excluding hydrogens is 292 g/mol. The third-order valence-corrected chi connectivity index (χ3v) is 6.58. The number of rotatable bonds is 4. The van der Waals surface area contributed by atoms with Crippen molar-refractivity contribution in [1.82, 2.24) is 4.98 Å². The first-order valence-corrected chi connectivity index (χ1v) is 8.71. The molecule has 7 nitrogen and oxygen atoms in total. The topological polar surface area (TPSA) is 131 Å². The van der Waals surface area contributed by atoms with Crippen molar-refractivity contribution in [1.29, 1.82) is 0 Å². The van der Waals surface area contributed by atoms with E-state index in [0.29, 0.717) is 10.9 Å². The van der Waals surface area contributed by atoms with Crippen LogP contribution in [0.4, 0.5) is 0 Å². The van der Waals surface area contributed by atoms with Gasteiger partial charge in [-0.25, -0.2) is 0 Å². The standard InChI is InChI=1S/C10H13NO6P2/c12-18(13,14)10(19(15,16)17)5-7-6-11-9-4-2-1-3-8(7)9/h1-4,6,10-11H,5H2,(H2,12,13,14)(H2,15,16,17). The quantitative estimate of drug-likeness (QED) is 0.542. The van der Waals surface area contributed by atoms with Crippen molar-refractivity contribution in [3.63, 3.8) is 0 Å². The minimum absolute atomic E-state index is 0.390. The van der Waals surface area contributed by atoms with Crippen molar-refractivity contribution in [2.45, 2.75) is 11.8 Å². The Balaban J connectivity index is 2.43. The van der Waals surface area contributed by atoms with E-state index in [4.69, 9.17) is 19.6 Å². The normalized spacial score (nSPS) is 13.3. The summed E-state index contributed by atoms with van der Waals surface area (Å²) >= 11 is 0. The minimum Gasteiger partial charge on any atom is -0.361 e. The molecule has 2 aromatic rings. The van der Waals surface area contributed by atoms with Crippen LogP contribution in [0.15, 0.2) is 30.5 Å². The van der Waals surface area contributed by atoms with Gasteiger partial charge in [0.2, 0.25) is 0 Å². The van der Waals surface area contributed by atoms with E-state index in [9.17, 15) is 9.13 Å². The maximum atomic E-state index is 11.2. The molecule has 2 rings (SSSR count). The van der Waals surface area contributed by atoms with Gasteiger partial charge < -0.3 is 24.6 Å². The van der Waals surface area contributed by atoms with Gasteiger partial charge in [-0.05, 0) is 11.6 Å². The lowest BCUT2D eigenvalue weighted by Gasteiger charge is -2.19. The first-order valence-electron chi connectivity index (χ1n) is 5.35. The summed E-state index contributed by atoms with van der Waals surface area (Å²) in [5, 5.41) is -1.33. The number of hydrogen-bond acceptors (Lipinski definition) is 2. The molecule has 0 saturated carbocycles. The maximum absolute atomic E-state index is 11.2. The van der Waals surface area contributed by atoms with Crippen LogP contribution in [-0.2, 0) is 15.6 Å². The zero-order valence-electron chi connectivity index (χ0n) is 9.67. The molecule has 19 heavy (non-hydrogen) atoms. The third-order valence-electron chi connectivity index (χ3n) is 2.85. The van der Waals surface area contributed by atoms with Crippen LogP contribution in [0.25, 0.3) is 10.9 Å². The molecule has 0 unspecified atom stereocenters. The summed E-state index contributed by atoms with van der Waals surface area (Å²) in [7, 11) is -9.79. The van der Waals surface area contributed by atoms with E-state index in [2.05, 4.69) is 4.98 Å². The Morgan fingerprint density at radius 2 is 1.63 bits per heavy atom. The summed E-state index contributed by atoms with van der Waals surface area (Å²) in [6.45, 7) is 0. The summed E-state index contributed by atoms with van der Waals surface area (Å²) in [5.74, 6) is 0. The second-order valence-electron chi connectivity index (χ2n) is 4.22. The van der Waals surface area contributed by atoms with Gasteiger partial charge in [0.25, 0.3) is 0 Å². The Morgan fingerprint density at radius 3 is 2.21 bits per heavy atom. The lowest BCUT2D eigenvalue weighted by atomic mass is 10.1. The van der Waals surface area contributed by atoms with Crippen molar-refractivity contribution in [3.05, 3.63) is 36.0 Å². The predicted molar refractivity (Wildman–Crippen MR) is 69.9 cm³/mol. The van der Waals surface area contributed by atoms with Crippen LogP contribution in [0.2, 0.25) is 0 Å². The van der Waals surface area contributed by atoms with Crippen molar-refractivity contribution in [2.24, 2.45) is 0 Å². The molecule has 0 atom stereocenters. The average molecular weight is 305 g/mol. The van der Waals surface area contributed by atoms with Crippen molar-refractivity contribution in [2.75, 3.05) is 0 Å². The molecular formula is C10H13NO6P2. The molecule has 1 heterocycles. The van der Waals surface area contributed by atoms with Gasteiger partial charge in [-0.15, -0.1) is 0 Å². The summed E-state index contributed by atoms with van der Waals surface area (Å²) in [6, 6.07) is 7.01. The molecule has 1 aromatic carbocycles. The highest BCUT2D eigenvalue weighted by Gasteiger charge is 2.43.